The van der Waals surface area contributed by atoms with E-state index in [2.05, 4.69) is 49.4 Å². The lowest BCUT2D eigenvalue weighted by atomic mass is 10.00. The molecule has 20 heavy (non-hydrogen) atoms. The number of para-hydroxylation sites is 1. The average Bonchev–Trinajstić information content (AvgIpc) is 2.46. The summed E-state index contributed by atoms with van der Waals surface area (Å²) in [5, 5.41) is 0. The molecule has 0 bridgehead atoms. The van der Waals surface area contributed by atoms with Gasteiger partial charge in [0.05, 0.1) is 6.10 Å². The van der Waals surface area contributed by atoms with Crippen LogP contribution in [0.4, 0.5) is 0 Å². The smallest absolute Gasteiger partial charge is 0.126 e. The quantitative estimate of drug-likeness (QED) is 0.714. The number of allylic oxidation sites excluding steroid dienone is 1. The Morgan fingerprint density at radius 3 is 2.20 bits per heavy atom. The maximum absolute atomic E-state index is 5.83. The topological polar surface area (TPSA) is 9.23 Å². The summed E-state index contributed by atoms with van der Waals surface area (Å²) in [4.78, 5) is 0. The third kappa shape index (κ3) is 3.99. The van der Waals surface area contributed by atoms with Gasteiger partial charge in [0.15, 0.2) is 0 Å². The first kappa shape index (κ1) is 14.4. The molecule has 0 saturated heterocycles. The molecule has 1 nitrogen and oxygen atoms in total. The van der Waals surface area contributed by atoms with E-state index in [1.165, 1.54) is 5.56 Å². The molecule has 1 heteroatoms. The second kappa shape index (κ2) is 6.95. The van der Waals surface area contributed by atoms with Crippen molar-refractivity contribution in [3.05, 3.63) is 71.8 Å². The van der Waals surface area contributed by atoms with E-state index in [4.69, 9.17) is 4.74 Å². The molecule has 0 aliphatic rings. The molecule has 0 saturated carbocycles. The molecule has 0 N–H and O–H groups in total. The second-order valence-electron chi connectivity index (χ2n) is 5.26. The largest absolute Gasteiger partial charge is 0.490 e. The van der Waals surface area contributed by atoms with E-state index in [9.17, 15) is 0 Å². The Bertz CT molecular complexity index is 555. The zero-order valence-electron chi connectivity index (χ0n) is 12.4. The molecule has 1 atom stereocenters. The van der Waals surface area contributed by atoms with Crippen LogP contribution in [0, 0.1) is 0 Å². The van der Waals surface area contributed by atoms with Gasteiger partial charge in [-0.25, -0.2) is 0 Å². The highest BCUT2D eigenvalue weighted by Crippen LogP contribution is 2.23. The maximum atomic E-state index is 5.83. The number of rotatable bonds is 5. The minimum absolute atomic E-state index is 0.191. The van der Waals surface area contributed by atoms with Crippen LogP contribution >= 0.6 is 0 Å². The summed E-state index contributed by atoms with van der Waals surface area (Å²) in [6.45, 7) is 6.30. The van der Waals surface area contributed by atoms with Crippen LogP contribution in [0.5, 0.6) is 5.75 Å². The van der Waals surface area contributed by atoms with E-state index >= 15 is 0 Å². The fourth-order valence-corrected chi connectivity index (χ4v) is 2.10. The summed E-state index contributed by atoms with van der Waals surface area (Å²) in [5.74, 6) is 1.34. The number of hydrogen-bond donors (Lipinski definition) is 0. The summed E-state index contributed by atoms with van der Waals surface area (Å²) in [6, 6.07) is 18.7. The number of benzene rings is 2. The average molecular weight is 266 g/mol. The first-order valence-electron chi connectivity index (χ1n) is 7.15. The van der Waals surface area contributed by atoms with Gasteiger partial charge in [0.2, 0.25) is 0 Å². The molecule has 2 aromatic carbocycles. The van der Waals surface area contributed by atoms with Crippen LogP contribution in [-0.2, 0) is 0 Å². The third-order valence-electron chi connectivity index (χ3n) is 3.17. The van der Waals surface area contributed by atoms with Crippen molar-refractivity contribution in [2.24, 2.45) is 0 Å². The first-order valence-corrected chi connectivity index (χ1v) is 7.15. The highest BCUT2D eigenvalue weighted by atomic mass is 16.5. The molecule has 0 fully saturated rings. The second-order valence-corrected chi connectivity index (χ2v) is 5.26. The van der Waals surface area contributed by atoms with Gasteiger partial charge in [0.1, 0.15) is 5.75 Å². The Hall–Kier alpha value is -2.02. The van der Waals surface area contributed by atoms with Crippen LogP contribution in [0.1, 0.15) is 37.8 Å². The lowest BCUT2D eigenvalue weighted by Gasteiger charge is -2.12. The van der Waals surface area contributed by atoms with Gasteiger partial charge in [-0.05, 0) is 31.4 Å². The molecule has 0 radical (unpaired) electrons. The molecule has 0 spiro atoms. The Balaban J connectivity index is 2.15. The molecule has 1 unspecified atom stereocenters. The summed E-state index contributed by atoms with van der Waals surface area (Å²) < 4.78 is 5.83. The lowest BCUT2D eigenvalue weighted by Crippen LogP contribution is -2.06. The van der Waals surface area contributed by atoms with Gasteiger partial charge < -0.3 is 4.74 Å². The van der Waals surface area contributed by atoms with Gasteiger partial charge in [-0.2, -0.15) is 0 Å². The summed E-state index contributed by atoms with van der Waals surface area (Å²) >= 11 is 0. The fourth-order valence-electron chi connectivity index (χ4n) is 2.10. The minimum Gasteiger partial charge on any atom is -0.490 e. The van der Waals surface area contributed by atoms with Crippen molar-refractivity contribution < 1.29 is 4.74 Å². The predicted octanol–water partition coefficient (Wildman–Crippen LogP) is 5.29. The normalized spacial score (nSPS) is 12.8. The van der Waals surface area contributed by atoms with Crippen LogP contribution in [0.15, 0.2) is 60.7 Å². The van der Waals surface area contributed by atoms with Crippen LogP contribution in [0.3, 0.4) is 0 Å². The van der Waals surface area contributed by atoms with E-state index in [-0.39, 0.29) is 6.10 Å². The van der Waals surface area contributed by atoms with Crippen molar-refractivity contribution in [2.75, 3.05) is 0 Å². The minimum atomic E-state index is 0.191. The molecule has 0 aromatic heterocycles. The Morgan fingerprint density at radius 1 is 0.850 bits per heavy atom. The first-order chi connectivity index (χ1) is 9.66. The van der Waals surface area contributed by atoms with Crippen LogP contribution in [-0.4, -0.2) is 6.10 Å². The van der Waals surface area contributed by atoms with E-state index in [1.807, 2.05) is 38.1 Å². The van der Waals surface area contributed by atoms with E-state index in [0.717, 1.165) is 11.3 Å². The molecule has 2 rings (SSSR count). The Labute approximate surface area is 121 Å². The van der Waals surface area contributed by atoms with E-state index < -0.39 is 0 Å². The van der Waals surface area contributed by atoms with Gasteiger partial charge in [-0.15, -0.1) is 0 Å². The zero-order valence-corrected chi connectivity index (χ0v) is 12.4. The summed E-state index contributed by atoms with van der Waals surface area (Å²) in [5.41, 5.74) is 2.45. The van der Waals surface area contributed by atoms with Crippen molar-refractivity contribution in [3.8, 4) is 5.75 Å². The van der Waals surface area contributed by atoms with E-state index in [1.54, 1.807) is 0 Å². The van der Waals surface area contributed by atoms with Crippen molar-refractivity contribution >= 4 is 6.08 Å². The predicted molar refractivity (Wildman–Crippen MR) is 86.1 cm³/mol. The standard InChI is InChI=1S/C19H22O/c1-15(2)20-19-12-8-7-11-18(19)14-13-16(3)17-9-5-4-6-10-17/h4-16H,1-3H3. The molecule has 0 aliphatic heterocycles. The molecule has 0 aliphatic carbocycles. The van der Waals surface area contributed by atoms with Gasteiger partial charge in [-0.1, -0.05) is 67.6 Å². The lowest BCUT2D eigenvalue weighted by molar-refractivity contribution is 0.242. The zero-order chi connectivity index (χ0) is 14.4. The van der Waals surface area contributed by atoms with Crippen molar-refractivity contribution in [1.29, 1.82) is 0 Å². The Morgan fingerprint density at radius 2 is 1.50 bits per heavy atom. The summed E-state index contributed by atoms with van der Waals surface area (Å²) in [6.07, 6.45) is 4.56. The van der Waals surface area contributed by atoms with Gasteiger partial charge in [-0.3, -0.25) is 0 Å². The molecule has 0 amide bonds. The molecule has 0 heterocycles. The maximum Gasteiger partial charge on any atom is 0.126 e. The van der Waals surface area contributed by atoms with Crippen LogP contribution in [0.25, 0.3) is 6.08 Å². The SMILES string of the molecule is CC(C)Oc1ccccc1C=CC(C)c1ccccc1. The van der Waals surface area contributed by atoms with E-state index in [0.29, 0.717) is 5.92 Å². The van der Waals surface area contributed by atoms with Gasteiger partial charge >= 0.3 is 0 Å². The fraction of sp³-hybridized carbons (Fsp3) is 0.263. The molecular weight excluding hydrogens is 244 g/mol. The Kier molecular flexibility index (Phi) is 5.00. The van der Waals surface area contributed by atoms with Crippen molar-refractivity contribution in [3.63, 3.8) is 0 Å². The van der Waals surface area contributed by atoms with Crippen molar-refractivity contribution in [2.45, 2.75) is 32.8 Å². The third-order valence-corrected chi connectivity index (χ3v) is 3.17. The highest BCUT2D eigenvalue weighted by Gasteiger charge is 2.04. The monoisotopic (exact) mass is 266 g/mol. The molecule has 104 valence electrons. The highest BCUT2D eigenvalue weighted by molar-refractivity contribution is 5.58. The molecular formula is C19H22O. The molecule has 2 aromatic rings. The number of hydrogen-bond acceptors (Lipinski definition) is 1. The van der Waals surface area contributed by atoms with Crippen LogP contribution in [0.2, 0.25) is 0 Å². The number of ether oxygens (including phenoxy) is 1. The van der Waals surface area contributed by atoms with Gasteiger partial charge in [0.25, 0.3) is 0 Å². The summed E-state index contributed by atoms with van der Waals surface area (Å²) in [7, 11) is 0. The van der Waals surface area contributed by atoms with Gasteiger partial charge in [0, 0.05) is 5.56 Å². The van der Waals surface area contributed by atoms with Crippen LogP contribution < -0.4 is 4.74 Å². The van der Waals surface area contributed by atoms with Crippen molar-refractivity contribution in [1.82, 2.24) is 0 Å².